The van der Waals surface area contributed by atoms with Gasteiger partial charge in [0.05, 0.1) is 24.7 Å². The topological polar surface area (TPSA) is 38.7 Å². The lowest BCUT2D eigenvalue weighted by Gasteiger charge is -2.43. The maximum atomic E-state index is 10.2. The highest BCUT2D eigenvalue weighted by Crippen LogP contribution is 2.55. The fourth-order valence-corrected chi connectivity index (χ4v) is 3.20. The summed E-state index contributed by atoms with van der Waals surface area (Å²) in [5.74, 6) is -0.616. The van der Waals surface area contributed by atoms with Gasteiger partial charge in [0.2, 0.25) is 0 Å². The SMILES string of the molecule is C=CC[C@]1([C@@H](O)C=C)CCCC12OCCO2. The molecule has 1 saturated carbocycles. The van der Waals surface area contributed by atoms with Crippen molar-refractivity contribution in [3.63, 3.8) is 0 Å². The molecule has 1 spiro atoms. The van der Waals surface area contributed by atoms with Crippen LogP contribution in [0.15, 0.2) is 25.3 Å². The Hall–Kier alpha value is -0.640. The minimum atomic E-state index is -0.616. The maximum absolute atomic E-state index is 10.2. The number of aliphatic hydroxyl groups excluding tert-OH is 1. The van der Waals surface area contributed by atoms with E-state index in [-0.39, 0.29) is 0 Å². The molecule has 2 atom stereocenters. The number of rotatable bonds is 4. The summed E-state index contributed by atoms with van der Waals surface area (Å²) in [5, 5.41) is 10.2. The quantitative estimate of drug-likeness (QED) is 0.742. The molecule has 3 nitrogen and oxygen atoms in total. The maximum Gasteiger partial charge on any atom is 0.177 e. The van der Waals surface area contributed by atoms with Crippen LogP contribution in [0.2, 0.25) is 0 Å². The van der Waals surface area contributed by atoms with Crippen LogP contribution in [-0.4, -0.2) is 30.2 Å². The van der Waals surface area contributed by atoms with Crippen LogP contribution in [0.1, 0.15) is 25.7 Å². The van der Waals surface area contributed by atoms with Gasteiger partial charge in [-0.05, 0) is 19.3 Å². The van der Waals surface area contributed by atoms with Crippen molar-refractivity contribution in [2.45, 2.75) is 37.6 Å². The smallest absolute Gasteiger partial charge is 0.177 e. The number of hydrogen-bond acceptors (Lipinski definition) is 3. The van der Waals surface area contributed by atoms with E-state index in [4.69, 9.17) is 9.47 Å². The van der Waals surface area contributed by atoms with Gasteiger partial charge in [0, 0.05) is 6.42 Å². The standard InChI is InChI=1S/C13H20O3/c1-3-6-12(11(14)4-2)7-5-8-13(12)15-9-10-16-13/h3-4,11,14H,1-2,5-10H2/t11-,12+/m0/s1. The average molecular weight is 224 g/mol. The first-order valence-corrected chi connectivity index (χ1v) is 5.90. The van der Waals surface area contributed by atoms with Crippen molar-refractivity contribution < 1.29 is 14.6 Å². The highest BCUT2D eigenvalue weighted by molar-refractivity contribution is 5.11. The Morgan fingerprint density at radius 1 is 1.25 bits per heavy atom. The summed E-state index contributed by atoms with van der Waals surface area (Å²) >= 11 is 0. The lowest BCUT2D eigenvalue weighted by molar-refractivity contribution is -0.241. The molecule has 3 heteroatoms. The summed E-state index contributed by atoms with van der Waals surface area (Å²) in [6, 6.07) is 0. The predicted molar refractivity (Wildman–Crippen MR) is 61.9 cm³/mol. The van der Waals surface area contributed by atoms with Crippen molar-refractivity contribution >= 4 is 0 Å². The Bertz CT molecular complexity index is 275. The van der Waals surface area contributed by atoms with Gasteiger partial charge >= 0.3 is 0 Å². The first-order valence-electron chi connectivity index (χ1n) is 5.90. The summed E-state index contributed by atoms with van der Waals surface area (Å²) in [4.78, 5) is 0. The second kappa shape index (κ2) is 4.32. The van der Waals surface area contributed by atoms with E-state index in [9.17, 15) is 5.11 Å². The van der Waals surface area contributed by atoms with Gasteiger partial charge in [-0.25, -0.2) is 0 Å². The molecule has 16 heavy (non-hydrogen) atoms. The Morgan fingerprint density at radius 3 is 2.50 bits per heavy atom. The minimum absolute atomic E-state index is 0.396. The van der Waals surface area contributed by atoms with E-state index in [1.54, 1.807) is 6.08 Å². The van der Waals surface area contributed by atoms with Gasteiger partial charge < -0.3 is 14.6 Å². The van der Waals surface area contributed by atoms with Crippen LogP contribution in [0.3, 0.4) is 0 Å². The molecule has 1 heterocycles. The second-order valence-electron chi connectivity index (χ2n) is 4.63. The molecule has 1 saturated heterocycles. The Labute approximate surface area is 96.7 Å². The highest BCUT2D eigenvalue weighted by atomic mass is 16.7. The summed E-state index contributed by atoms with van der Waals surface area (Å²) in [5.41, 5.74) is -0.396. The second-order valence-corrected chi connectivity index (χ2v) is 4.63. The molecule has 2 aliphatic rings. The minimum Gasteiger partial charge on any atom is -0.388 e. The molecule has 1 aliphatic carbocycles. The third kappa shape index (κ3) is 1.46. The van der Waals surface area contributed by atoms with Crippen LogP contribution >= 0.6 is 0 Å². The normalized spacial score (nSPS) is 34.1. The van der Waals surface area contributed by atoms with Crippen LogP contribution in [0.4, 0.5) is 0 Å². The van der Waals surface area contributed by atoms with Gasteiger partial charge in [0.25, 0.3) is 0 Å². The van der Waals surface area contributed by atoms with Gasteiger partial charge in [-0.2, -0.15) is 0 Å². The van der Waals surface area contributed by atoms with Crippen molar-refractivity contribution in [2.75, 3.05) is 13.2 Å². The van der Waals surface area contributed by atoms with E-state index in [0.29, 0.717) is 19.6 Å². The molecule has 0 bridgehead atoms. The predicted octanol–water partition coefficient (Wildman–Crippen LogP) is 2.02. The van der Waals surface area contributed by atoms with Crippen molar-refractivity contribution in [1.29, 1.82) is 0 Å². The number of allylic oxidation sites excluding steroid dienone is 1. The summed E-state index contributed by atoms with van der Waals surface area (Å²) in [6.07, 6.45) is 6.27. The first kappa shape index (κ1) is 11.8. The monoisotopic (exact) mass is 224 g/mol. The van der Waals surface area contributed by atoms with Crippen molar-refractivity contribution in [1.82, 2.24) is 0 Å². The Morgan fingerprint density at radius 2 is 1.94 bits per heavy atom. The zero-order chi connectivity index (χ0) is 11.6. The van der Waals surface area contributed by atoms with E-state index in [1.807, 2.05) is 6.08 Å². The van der Waals surface area contributed by atoms with E-state index >= 15 is 0 Å². The van der Waals surface area contributed by atoms with Gasteiger partial charge in [-0.15, -0.1) is 13.2 Å². The molecule has 0 aromatic rings. The highest BCUT2D eigenvalue weighted by Gasteiger charge is 2.61. The third-order valence-electron chi connectivity index (χ3n) is 3.94. The third-order valence-corrected chi connectivity index (χ3v) is 3.94. The summed E-state index contributed by atoms with van der Waals surface area (Å²) in [6.45, 7) is 8.70. The van der Waals surface area contributed by atoms with Crippen molar-refractivity contribution in [3.05, 3.63) is 25.3 Å². The van der Waals surface area contributed by atoms with E-state index in [2.05, 4.69) is 13.2 Å². The van der Waals surface area contributed by atoms with Crippen LogP contribution < -0.4 is 0 Å². The molecular formula is C13H20O3. The van der Waals surface area contributed by atoms with Gasteiger partial charge in [-0.1, -0.05) is 12.2 Å². The molecule has 0 unspecified atom stereocenters. The fourth-order valence-electron chi connectivity index (χ4n) is 3.20. The molecule has 2 fully saturated rings. The Kier molecular flexibility index (Phi) is 3.19. The number of aliphatic hydroxyl groups is 1. The molecule has 0 radical (unpaired) electrons. The summed E-state index contributed by atoms with van der Waals surface area (Å²) < 4.78 is 11.6. The zero-order valence-corrected chi connectivity index (χ0v) is 9.65. The average Bonchev–Trinajstić information content (AvgIpc) is 2.89. The van der Waals surface area contributed by atoms with Gasteiger partial charge in [0.1, 0.15) is 0 Å². The fraction of sp³-hybridized carbons (Fsp3) is 0.692. The molecule has 0 aromatic heterocycles. The van der Waals surface area contributed by atoms with Crippen molar-refractivity contribution in [3.8, 4) is 0 Å². The van der Waals surface area contributed by atoms with Crippen LogP contribution in [0.25, 0.3) is 0 Å². The van der Waals surface area contributed by atoms with Crippen LogP contribution in [0, 0.1) is 5.41 Å². The number of ether oxygens (including phenoxy) is 2. The molecule has 0 amide bonds. The van der Waals surface area contributed by atoms with E-state index in [0.717, 1.165) is 19.3 Å². The Balaban J connectivity index is 2.35. The molecule has 1 aliphatic heterocycles. The lowest BCUT2D eigenvalue weighted by atomic mass is 9.73. The molecular weight excluding hydrogens is 204 g/mol. The zero-order valence-electron chi connectivity index (χ0n) is 9.65. The van der Waals surface area contributed by atoms with Crippen LogP contribution in [-0.2, 0) is 9.47 Å². The summed E-state index contributed by atoms with van der Waals surface area (Å²) in [7, 11) is 0. The largest absolute Gasteiger partial charge is 0.388 e. The van der Waals surface area contributed by atoms with E-state index in [1.165, 1.54) is 0 Å². The molecule has 90 valence electrons. The molecule has 1 N–H and O–H groups in total. The molecule has 2 rings (SSSR count). The first-order chi connectivity index (χ1) is 7.71. The van der Waals surface area contributed by atoms with Crippen LogP contribution in [0.5, 0.6) is 0 Å². The number of hydrogen-bond donors (Lipinski definition) is 1. The molecule has 0 aromatic carbocycles. The van der Waals surface area contributed by atoms with Gasteiger partial charge in [-0.3, -0.25) is 0 Å². The van der Waals surface area contributed by atoms with Crippen molar-refractivity contribution in [2.24, 2.45) is 5.41 Å². The van der Waals surface area contributed by atoms with E-state index < -0.39 is 17.3 Å². The lowest BCUT2D eigenvalue weighted by Crippen LogP contribution is -2.51. The van der Waals surface area contributed by atoms with Gasteiger partial charge in [0.15, 0.2) is 5.79 Å².